The molecule has 1 aliphatic heterocycles. The Bertz CT molecular complexity index is 230. The fourth-order valence-electron chi connectivity index (χ4n) is 2.16. The third-order valence-electron chi connectivity index (χ3n) is 3.31. The van der Waals surface area contributed by atoms with Crippen molar-refractivity contribution in [3.05, 3.63) is 0 Å². The minimum atomic E-state index is -0.380. The van der Waals surface area contributed by atoms with Gasteiger partial charge in [-0.05, 0) is 34.6 Å². The molecule has 4 heteroatoms. The number of hydrogen-bond donors (Lipinski definition) is 1. The SMILES string of the molecule is CC(C)N1CCN(CC(O)COC(C)(C)C)CC1. The normalized spacial score (nSPS) is 21.5. The van der Waals surface area contributed by atoms with Crippen molar-refractivity contribution in [1.29, 1.82) is 0 Å². The molecule has 1 unspecified atom stereocenters. The van der Waals surface area contributed by atoms with E-state index in [9.17, 15) is 5.11 Å². The molecule has 0 aromatic heterocycles. The molecule has 1 heterocycles. The van der Waals surface area contributed by atoms with Crippen molar-refractivity contribution in [2.24, 2.45) is 0 Å². The molecule has 1 rings (SSSR count). The van der Waals surface area contributed by atoms with Crippen molar-refractivity contribution >= 4 is 0 Å². The molecule has 1 saturated heterocycles. The molecular formula is C14H30N2O2. The summed E-state index contributed by atoms with van der Waals surface area (Å²) in [6, 6.07) is 0.626. The van der Waals surface area contributed by atoms with Crippen LogP contribution in [0.5, 0.6) is 0 Å². The first kappa shape index (κ1) is 15.9. The Kier molecular flexibility index (Phi) is 6.05. The second-order valence-electron chi connectivity index (χ2n) is 6.51. The summed E-state index contributed by atoms with van der Waals surface area (Å²) in [7, 11) is 0. The second-order valence-corrected chi connectivity index (χ2v) is 6.51. The van der Waals surface area contributed by atoms with Crippen LogP contribution in [0, 0.1) is 0 Å². The standard InChI is InChI=1S/C14H30N2O2/c1-12(2)16-8-6-15(7-9-16)10-13(17)11-18-14(3,4)5/h12-13,17H,6-11H2,1-5H3. The van der Waals surface area contributed by atoms with Crippen LogP contribution in [0.1, 0.15) is 34.6 Å². The first-order valence-electron chi connectivity index (χ1n) is 7.06. The van der Waals surface area contributed by atoms with Gasteiger partial charge in [-0.3, -0.25) is 9.80 Å². The molecule has 0 saturated carbocycles. The lowest BCUT2D eigenvalue weighted by Gasteiger charge is -2.37. The molecule has 0 aromatic carbocycles. The molecule has 1 fully saturated rings. The lowest BCUT2D eigenvalue weighted by atomic mass is 10.2. The predicted molar refractivity (Wildman–Crippen MR) is 74.9 cm³/mol. The van der Waals surface area contributed by atoms with Gasteiger partial charge >= 0.3 is 0 Å². The molecule has 0 amide bonds. The maximum Gasteiger partial charge on any atom is 0.0900 e. The van der Waals surface area contributed by atoms with E-state index in [1.165, 1.54) is 0 Å². The van der Waals surface area contributed by atoms with Crippen LogP contribution in [-0.4, -0.2) is 72.0 Å². The van der Waals surface area contributed by atoms with E-state index in [2.05, 4.69) is 23.6 Å². The molecule has 0 bridgehead atoms. The summed E-state index contributed by atoms with van der Waals surface area (Å²) >= 11 is 0. The van der Waals surface area contributed by atoms with Gasteiger partial charge in [-0.1, -0.05) is 0 Å². The number of aliphatic hydroxyl groups excluding tert-OH is 1. The summed E-state index contributed by atoms with van der Waals surface area (Å²) in [5, 5.41) is 9.96. The number of ether oxygens (including phenoxy) is 1. The summed E-state index contributed by atoms with van der Waals surface area (Å²) in [5.74, 6) is 0. The Labute approximate surface area is 112 Å². The molecule has 108 valence electrons. The average Bonchev–Trinajstić information content (AvgIpc) is 2.26. The monoisotopic (exact) mass is 258 g/mol. The van der Waals surface area contributed by atoms with Gasteiger partial charge in [0.1, 0.15) is 0 Å². The summed E-state index contributed by atoms with van der Waals surface area (Å²) < 4.78 is 5.60. The quantitative estimate of drug-likeness (QED) is 0.803. The third-order valence-corrected chi connectivity index (χ3v) is 3.31. The number of rotatable bonds is 5. The number of aliphatic hydroxyl groups is 1. The number of nitrogens with zero attached hydrogens (tertiary/aromatic N) is 2. The van der Waals surface area contributed by atoms with Crippen LogP contribution in [0.4, 0.5) is 0 Å². The fourth-order valence-corrected chi connectivity index (χ4v) is 2.16. The topological polar surface area (TPSA) is 35.9 Å². The predicted octanol–water partition coefficient (Wildman–Crippen LogP) is 1.19. The zero-order valence-corrected chi connectivity index (χ0v) is 12.6. The maximum atomic E-state index is 9.96. The van der Waals surface area contributed by atoms with E-state index < -0.39 is 0 Å². The molecule has 1 atom stereocenters. The lowest BCUT2D eigenvalue weighted by Crippen LogP contribution is -2.51. The summed E-state index contributed by atoms with van der Waals surface area (Å²) in [6.45, 7) is 16.0. The molecule has 0 aromatic rings. The smallest absolute Gasteiger partial charge is 0.0900 e. The van der Waals surface area contributed by atoms with Gasteiger partial charge in [0, 0.05) is 38.8 Å². The van der Waals surface area contributed by atoms with E-state index in [1.807, 2.05) is 20.8 Å². The lowest BCUT2D eigenvalue weighted by molar-refractivity contribution is -0.0590. The maximum absolute atomic E-state index is 9.96. The van der Waals surface area contributed by atoms with Crippen LogP contribution in [0.15, 0.2) is 0 Å². The molecule has 0 radical (unpaired) electrons. The molecule has 4 nitrogen and oxygen atoms in total. The number of hydrogen-bond acceptors (Lipinski definition) is 4. The summed E-state index contributed by atoms with van der Waals surface area (Å²) in [4.78, 5) is 4.81. The van der Waals surface area contributed by atoms with E-state index in [0.717, 1.165) is 32.7 Å². The van der Waals surface area contributed by atoms with Gasteiger partial charge in [0.25, 0.3) is 0 Å². The van der Waals surface area contributed by atoms with Crippen LogP contribution in [0.2, 0.25) is 0 Å². The third kappa shape index (κ3) is 6.14. The van der Waals surface area contributed by atoms with Gasteiger partial charge in [-0.15, -0.1) is 0 Å². The van der Waals surface area contributed by atoms with E-state index in [-0.39, 0.29) is 11.7 Å². The van der Waals surface area contributed by atoms with E-state index in [4.69, 9.17) is 4.74 Å². The van der Waals surface area contributed by atoms with Gasteiger partial charge in [-0.25, -0.2) is 0 Å². The van der Waals surface area contributed by atoms with E-state index in [1.54, 1.807) is 0 Å². The fraction of sp³-hybridized carbons (Fsp3) is 1.00. The van der Waals surface area contributed by atoms with Gasteiger partial charge in [0.2, 0.25) is 0 Å². The van der Waals surface area contributed by atoms with Gasteiger partial charge in [0.05, 0.1) is 18.3 Å². The van der Waals surface area contributed by atoms with Crippen molar-refractivity contribution in [3.63, 3.8) is 0 Å². The zero-order chi connectivity index (χ0) is 13.8. The van der Waals surface area contributed by atoms with Crippen molar-refractivity contribution in [1.82, 2.24) is 9.80 Å². The highest BCUT2D eigenvalue weighted by molar-refractivity contribution is 4.76. The minimum absolute atomic E-state index is 0.169. The zero-order valence-electron chi connectivity index (χ0n) is 12.6. The first-order chi connectivity index (χ1) is 8.28. The number of β-amino-alcohol motifs (C(OH)–C–C–N with tert-alkyl or cyclic N) is 1. The van der Waals surface area contributed by atoms with Crippen molar-refractivity contribution in [2.75, 3.05) is 39.3 Å². The molecule has 18 heavy (non-hydrogen) atoms. The van der Waals surface area contributed by atoms with E-state index >= 15 is 0 Å². The number of piperazine rings is 1. The van der Waals surface area contributed by atoms with Crippen LogP contribution in [0.25, 0.3) is 0 Å². The molecule has 0 aliphatic carbocycles. The highest BCUT2D eigenvalue weighted by Gasteiger charge is 2.21. The highest BCUT2D eigenvalue weighted by atomic mass is 16.5. The minimum Gasteiger partial charge on any atom is -0.389 e. The first-order valence-corrected chi connectivity index (χ1v) is 7.06. The van der Waals surface area contributed by atoms with Gasteiger partial charge < -0.3 is 9.84 Å². The second kappa shape index (κ2) is 6.85. The molecule has 0 spiro atoms. The van der Waals surface area contributed by atoms with Crippen molar-refractivity contribution < 1.29 is 9.84 Å². The Balaban J connectivity index is 2.20. The average molecular weight is 258 g/mol. The van der Waals surface area contributed by atoms with Crippen molar-refractivity contribution in [2.45, 2.75) is 52.4 Å². The Hall–Kier alpha value is -0.160. The van der Waals surface area contributed by atoms with Crippen molar-refractivity contribution in [3.8, 4) is 0 Å². The molecular weight excluding hydrogens is 228 g/mol. The van der Waals surface area contributed by atoms with Crippen LogP contribution < -0.4 is 0 Å². The summed E-state index contributed by atoms with van der Waals surface area (Å²) in [6.07, 6.45) is -0.380. The van der Waals surface area contributed by atoms with Crippen LogP contribution >= 0.6 is 0 Å². The van der Waals surface area contributed by atoms with Gasteiger partial charge in [-0.2, -0.15) is 0 Å². The van der Waals surface area contributed by atoms with Gasteiger partial charge in [0.15, 0.2) is 0 Å². The Morgan fingerprint density at radius 3 is 2.11 bits per heavy atom. The summed E-state index contributed by atoms with van der Waals surface area (Å²) in [5.41, 5.74) is -0.169. The molecule has 1 aliphatic rings. The Morgan fingerprint density at radius 1 is 1.11 bits per heavy atom. The molecule has 1 N–H and O–H groups in total. The van der Waals surface area contributed by atoms with Crippen LogP contribution in [-0.2, 0) is 4.74 Å². The largest absolute Gasteiger partial charge is 0.389 e. The van der Waals surface area contributed by atoms with E-state index in [0.29, 0.717) is 12.6 Å². The van der Waals surface area contributed by atoms with Crippen LogP contribution in [0.3, 0.4) is 0 Å². The highest BCUT2D eigenvalue weighted by Crippen LogP contribution is 2.09. The Morgan fingerprint density at radius 2 is 1.67 bits per heavy atom.